The Morgan fingerprint density at radius 1 is 0.786 bits per heavy atom. The molecule has 0 radical (unpaired) electrons. The van der Waals surface area contributed by atoms with E-state index in [0.29, 0.717) is 10.0 Å². The topological polar surface area (TPSA) is 18.5 Å². The SMILES string of the molecule is C1COCCO1.Clc1ccccc1Cl. The highest BCUT2D eigenvalue weighted by atomic mass is 35.5. The van der Waals surface area contributed by atoms with Crippen molar-refractivity contribution in [1.82, 2.24) is 0 Å². The van der Waals surface area contributed by atoms with Crippen molar-refractivity contribution < 1.29 is 9.47 Å². The molecular formula is C10H12Cl2O2. The largest absolute Gasteiger partial charge is 0.377 e. The summed E-state index contributed by atoms with van der Waals surface area (Å²) in [5.41, 5.74) is 0. The molecule has 0 amide bonds. The van der Waals surface area contributed by atoms with E-state index in [4.69, 9.17) is 32.7 Å². The Balaban J connectivity index is 0.000000146. The molecule has 2 nitrogen and oxygen atoms in total. The summed E-state index contributed by atoms with van der Waals surface area (Å²) >= 11 is 11.2. The molecule has 0 saturated carbocycles. The summed E-state index contributed by atoms with van der Waals surface area (Å²) in [7, 11) is 0. The van der Waals surface area contributed by atoms with Gasteiger partial charge in [-0.15, -0.1) is 0 Å². The van der Waals surface area contributed by atoms with Gasteiger partial charge in [-0.2, -0.15) is 0 Å². The van der Waals surface area contributed by atoms with Crippen molar-refractivity contribution in [3.8, 4) is 0 Å². The molecule has 0 atom stereocenters. The molecule has 1 heterocycles. The van der Waals surface area contributed by atoms with Gasteiger partial charge < -0.3 is 9.47 Å². The summed E-state index contributed by atoms with van der Waals surface area (Å²) in [6.45, 7) is 3.11. The van der Waals surface area contributed by atoms with Gasteiger partial charge in [-0.3, -0.25) is 0 Å². The van der Waals surface area contributed by atoms with Crippen LogP contribution in [0.1, 0.15) is 0 Å². The molecule has 14 heavy (non-hydrogen) atoms. The minimum atomic E-state index is 0.606. The van der Waals surface area contributed by atoms with Crippen LogP contribution in [-0.4, -0.2) is 26.4 Å². The first-order valence-corrected chi connectivity index (χ1v) is 5.12. The van der Waals surface area contributed by atoms with Gasteiger partial charge in [-0.25, -0.2) is 0 Å². The van der Waals surface area contributed by atoms with Crippen molar-refractivity contribution in [2.75, 3.05) is 26.4 Å². The van der Waals surface area contributed by atoms with Crippen LogP contribution in [0.15, 0.2) is 24.3 Å². The highest BCUT2D eigenvalue weighted by Crippen LogP contribution is 2.19. The molecule has 0 N–H and O–H groups in total. The van der Waals surface area contributed by atoms with Crippen LogP contribution in [0.2, 0.25) is 10.0 Å². The smallest absolute Gasteiger partial charge is 0.0701 e. The van der Waals surface area contributed by atoms with Crippen LogP contribution in [0.4, 0.5) is 0 Å². The third-order valence-electron chi connectivity index (χ3n) is 1.57. The predicted molar refractivity (Wildman–Crippen MR) is 58.1 cm³/mol. The average Bonchev–Trinajstić information content (AvgIpc) is 2.26. The van der Waals surface area contributed by atoms with E-state index in [2.05, 4.69) is 0 Å². The zero-order chi connectivity index (χ0) is 10.2. The van der Waals surface area contributed by atoms with E-state index in [1.807, 2.05) is 12.1 Å². The van der Waals surface area contributed by atoms with Crippen LogP contribution < -0.4 is 0 Å². The van der Waals surface area contributed by atoms with Gasteiger partial charge >= 0.3 is 0 Å². The normalized spacial score (nSPS) is 15.6. The van der Waals surface area contributed by atoms with Crippen LogP contribution in [-0.2, 0) is 9.47 Å². The molecule has 0 aromatic heterocycles. The standard InChI is InChI=1S/C6H4Cl2.C4H8O2/c7-5-3-1-2-4-6(5)8;1-2-6-4-3-5-1/h1-4H;1-4H2. The van der Waals surface area contributed by atoms with E-state index in [1.54, 1.807) is 12.1 Å². The molecule has 1 saturated heterocycles. The second-order valence-electron chi connectivity index (χ2n) is 2.64. The fourth-order valence-electron chi connectivity index (χ4n) is 0.879. The van der Waals surface area contributed by atoms with Crippen LogP contribution >= 0.6 is 23.2 Å². The first kappa shape index (κ1) is 11.8. The maximum atomic E-state index is 5.58. The third kappa shape index (κ3) is 4.82. The minimum absolute atomic E-state index is 0.606. The Bertz CT molecular complexity index is 230. The first-order chi connectivity index (χ1) is 6.80. The lowest BCUT2D eigenvalue weighted by atomic mass is 10.4. The molecular weight excluding hydrogens is 223 g/mol. The van der Waals surface area contributed by atoms with Crippen LogP contribution in [0.25, 0.3) is 0 Å². The van der Waals surface area contributed by atoms with E-state index in [-0.39, 0.29) is 0 Å². The quantitative estimate of drug-likeness (QED) is 0.688. The lowest BCUT2D eigenvalue weighted by Gasteiger charge is -2.09. The Hall–Kier alpha value is -0.280. The third-order valence-corrected chi connectivity index (χ3v) is 2.32. The predicted octanol–water partition coefficient (Wildman–Crippen LogP) is 3.03. The van der Waals surface area contributed by atoms with Gasteiger partial charge in [-0.1, -0.05) is 35.3 Å². The maximum absolute atomic E-state index is 5.58. The zero-order valence-electron chi connectivity index (χ0n) is 7.71. The first-order valence-electron chi connectivity index (χ1n) is 4.36. The summed E-state index contributed by atoms with van der Waals surface area (Å²) < 4.78 is 9.89. The molecule has 0 unspecified atom stereocenters. The van der Waals surface area contributed by atoms with Crippen molar-refractivity contribution in [3.63, 3.8) is 0 Å². The second-order valence-corrected chi connectivity index (χ2v) is 3.45. The minimum Gasteiger partial charge on any atom is -0.377 e. The molecule has 2 rings (SSSR count). The summed E-state index contributed by atoms with van der Waals surface area (Å²) in [5, 5.41) is 1.21. The number of benzene rings is 1. The summed E-state index contributed by atoms with van der Waals surface area (Å²) in [5.74, 6) is 0. The summed E-state index contributed by atoms with van der Waals surface area (Å²) in [6.07, 6.45) is 0. The lowest BCUT2D eigenvalue weighted by Crippen LogP contribution is -2.16. The van der Waals surface area contributed by atoms with Crippen LogP contribution in [0.5, 0.6) is 0 Å². The number of rotatable bonds is 0. The average molecular weight is 235 g/mol. The number of hydrogen-bond acceptors (Lipinski definition) is 2. The fraction of sp³-hybridized carbons (Fsp3) is 0.400. The van der Waals surface area contributed by atoms with Gasteiger partial charge in [0.05, 0.1) is 36.5 Å². The second kappa shape index (κ2) is 7.07. The Morgan fingerprint density at radius 3 is 1.36 bits per heavy atom. The molecule has 0 aliphatic carbocycles. The van der Waals surface area contributed by atoms with Crippen LogP contribution in [0, 0.1) is 0 Å². The molecule has 0 bridgehead atoms. The molecule has 78 valence electrons. The number of hydrogen-bond donors (Lipinski definition) is 0. The van der Waals surface area contributed by atoms with Crippen molar-refractivity contribution in [3.05, 3.63) is 34.3 Å². The number of ether oxygens (including phenoxy) is 2. The molecule has 1 fully saturated rings. The van der Waals surface area contributed by atoms with Crippen molar-refractivity contribution >= 4 is 23.2 Å². The Labute approximate surface area is 93.7 Å². The van der Waals surface area contributed by atoms with Crippen molar-refractivity contribution in [2.45, 2.75) is 0 Å². The lowest BCUT2D eigenvalue weighted by molar-refractivity contribution is -0.0334. The summed E-state index contributed by atoms with van der Waals surface area (Å²) in [6, 6.07) is 7.19. The van der Waals surface area contributed by atoms with E-state index in [1.165, 1.54) is 0 Å². The van der Waals surface area contributed by atoms with Gasteiger partial charge in [0.1, 0.15) is 0 Å². The van der Waals surface area contributed by atoms with Crippen LogP contribution in [0.3, 0.4) is 0 Å². The molecule has 1 aromatic rings. The van der Waals surface area contributed by atoms with E-state index in [0.717, 1.165) is 26.4 Å². The molecule has 1 aromatic carbocycles. The van der Waals surface area contributed by atoms with Gasteiger partial charge in [0.2, 0.25) is 0 Å². The van der Waals surface area contributed by atoms with E-state index >= 15 is 0 Å². The monoisotopic (exact) mass is 234 g/mol. The van der Waals surface area contributed by atoms with E-state index in [9.17, 15) is 0 Å². The van der Waals surface area contributed by atoms with Gasteiger partial charge in [0.15, 0.2) is 0 Å². The molecule has 1 aliphatic heterocycles. The zero-order valence-corrected chi connectivity index (χ0v) is 9.22. The summed E-state index contributed by atoms with van der Waals surface area (Å²) in [4.78, 5) is 0. The van der Waals surface area contributed by atoms with E-state index < -0.39 is 0 Å². The molecule has 1 aliphatic rings. The molecule has 0 spiro atoms. The van der Waals surface area contributed by atoms with Gasteiger partial charge in [0, 0.05) is 0 Å². The molecule has 4 heteroatoms. The Morgan fingerprint density at radius 2 is 1.14 bits per heavy atom. The fourth-order valence-corrected chi connectivity index (χ4v) is 1.15. The van der Waals surface area contributed by atoms with Crippen molar-refractivity contribution in [1.29, 1.82) is 0 Å². The van der Waals surface area contributed by atoms with Crippen molar-refractivity contribution in [2.24, 2.45) is 0 Å². The van der Waals surface area contributed by atoms with Gasteiger partial charge in [-0.05, 0) is 12.1 Å². The number of halogens is 2. The highest BCUT2D eigenvalue weighted by Gasteiger charge is 1.94. The Kier molecular flexibility index (Phi) is 5.96. The highest BCUT2D eigenvalue weighted by molar-refractivity contribution is 6.41. The maximum Gasteiger partial charge on any atom is 0.0701 e. The van der Waals surface area contributed by atoms with Gasteiger partial charge in [0.25, 0.3) is 0 Å².